The zero-order valence-electron chi connectivity index (χ0n) is 11.0. The third-order valence-corrected chi connectivity index (χ3v) is 3.44. The van der Waals surface area contributed by atoms with E-state index in [1.807, 2.05) is 30.3 Å². The van der Waals surface area contributed by atoms with Crippen LogP contribution in [0.1, 0.15) is 13.3 Å². The number of hydrogen-bond acceptors (Lipinski definition) is 2. The number of carboxylic acid groups (broad SMARTS) is 1. The van der Waals surface area contributed by atoms with Crippen molar-refractivity contribution in [3.8, 4) is 0 Å². The van der Waals surface area contributed by atoms with Crippen LogP contribution in [0.15, 0.2) is 30.3 Å². The molecule has 0 saturated carbocycles. The molecule has 1 aliphatic heterocycles. The predicted octanol–water partition coefficient (Wildman–Crippen LogP) is 2.04. The second kappa shape index (κ2) is 5.73. The molecule has 0 atom stereocenters. The molecule has 0 aliphatic carbocycles. The lowest BCUT2D eigenvalue weighted by Crippen LogP contribution is -2.50. The third kappa shape index (κ3) is 3.24. The van der Waals surface area contributed by atoms with Crippen molar-refractivity contribution >= 4 is 17.7 Å². The largest absolute Gasteiger partial charge is 0.465 e. The second-order valence-electron chi connectivity index (χ2n) is 4.85. The first-order valence-electron chi connectivity index (χ1n) is 6.39. The Kier molecular flexibility index (Phi) is 4.04. The van der Waals surface area contributed by atoms with Gasteiger partial charge < -0.3 is 14.9 Å². The van der Waals surface area contributed by atoms with Gasteiger partial charge in [-0.3, -0.25) is 4.79 Å². The Hall–Kier alpha value is -2.04. The molecule has 1 N–H and O–H groups in total. The monoisotopic (exact) mass is 262 g/mol. The molecule has 1 heterocycles. The molecular weight excluding hydrogens is 244 g/mol. The van der Waals surface area contributed by atoms with Crippen molar-refractivity contribution in [3.63, 3.8) is 0 Å². The first-order valence-corrected chi connectivity index (χ1v) is 6.39. The Morgan fingerprint density at radius 1 is 1.32 bits per heavy atom. The topological polar surface area (TPSA) is 60.9 Å². The van der Waals surface area contributed by atoms with Crippen LogP contribution in [0.2, 0.25) is 0 Å². The van der Waals surface area contributed by atoms with Crippen LogP contribution in [-0.4, -0.2) is 41.6 Å². The SMILES string of the molecule is CC(=O)N(CCC1CN(C(=O)O)C1)c1ccccc1. The standard InChI is InChI=1S/C14H18N2O3/c1-11(17)16(13-5-3-2-4-6-13)8-7-12-9-15(10-12)14(18)19/h2-6,12H,7-10H2,1H3,(H,18,19). The number of nitrogens with zero attached hydrogens (tertiary/aromatic N) is 2. The van der Waals surface area contributed by atoms with Crippen molar-refractivity contribution in [1.82, 2.24) is 4.90 Å². The molecule has 1 fully saturated rings. The highest BCUT2D eigenvalue weighted by molar-refractivity contribution is 5.91. The van der Waals surface area contributed by atoms with Crippen molar-refractivity contribution in [2.75, 3.05) is 24.5 Å². The number of benzene rings is 1. The van der Waals surface area contributed by atoms with E-state index < -0.39 is 6.09 Å². The molecule has 5 heteroatoms. The summed E-state index contributed by atoms with van der Waals surface area (Å²) in [7, 11) is 0. The van der Waals surface area contributed by atoms with E-state index in [1.54, 1.807) is 11.8 Å². The Morgan fingerprint density at radius 2 is 1.95 bits per heavy atom. The minimum Gasteiger partial charge on any atom is -0.465 e. The van der Waals surface area contributed by atoms with Crippen LogP contribution in [0.3, 0.4) is 0 Å². The second-order valence-corrected chi connectivity index (χ2v) is 4.85. The zero-order valence-corrected chi connectivity index (χ0v) is 11.0. The highest BCUT2D eigenvalue weighted by Crippen LogP contribution is 2.21. The van der Waals surface area contributed by atoms with Crippen LogP contribution in [0.5, 0.6) is 0 Å². The van der Waals surface area contributed by atoms with Gasteiger partial charge in [0.1, 0.15) is 0 Å². The van der Waals surface area contributed by atoms with Gasteiger partial charge in [-0.25, -0.2) is 4.79 Å². The van der Waals surface area contributed by atoms with Crippen LogP contribution >= 0.6 is 0 Å². The summed E-state index contributed by atoms with van der Waals surface area (Å²) < 4.78 is 0. The van der Waals surface area contributed by atoms with Gasteiger partial charge >= 0.3 is 6.09 Å². The van der Waals surface area contributed by atoms with Gasteiger partial charge in [0.25, 0.3) is 0 Å². The van der Waals surface area contributed by atoms with Gasteiger partial charge in [0.05, 0.1) is 0 Å². The first kappa shape index (κ1) is 13.4. The van der Waals surface area contributed by atoms with E-state index in [0.29, 0.717) is 25.6 Å². The molecule has 0 aromatic heterocycles. The summed E-state index contributed by atoms with van der Waals surface area (Å²) in [6.07, 6.45) is -0.0270. The van der Waals surface area contributed by atoms with Gasteiger partial charge in [-0.1, -0.05) is 18.2 Å². The highest BCUT2D eigenvalue weighted by Gasteiger charge is 2.30. The van der Waals surface area contributed by atoms with E-state index in [2.05, 4.69) is 0 Å². The van der Waals surface area contributed by atoms with Crippen LogP contribution in [-0.2, 0) is 4.79 Å². The molecule has 2 amide bonds. The van der Waals surface area contributed by atoms with Crippen molar-refractivity contribution in [3.05, 3.63) is 30.3 Å². The van der Waals surface area contributed by atoms with E-state index >= 15 is 0 Å². The number of carbonyl (C=O) groups is 2. The summed E-state index contributed by atoms with van der Waals surface area (Å²) in [6, 6.07) is 9.54. The fourth-order valence-electron chi connectivity index (χ4n) is 2.30. The smallest absolute Gasteiger partial charge is 0.407 e. The average molecular weight is 262 g/mol. The van der Waals surface area contributed by atoms with E-state index in [9.17, 15) is 9.59 Å². The fraction of sp³-hybridized carbons (Fsp3) is 0.429. The molecule has 1 aliphatic rings. The number of likely N-dealkylation sites (tertiary alicyclic amines) is 1. The van der Waals surface area contributed by atoms with E-state index in [1.165, 1.54) is 4.90 Å². The quantitative estimate of drug-likeness (QED) is 0.903. The Bertz CT molecular complexity index is 455. The number of amides is 2. The summed E-state index contributed by atoms with van der Waals surface area (Å²) in [6.45, 7) is 3.35. The Labute approximate surface area is 112 Å². The van der Waals surface area contributed by atoms with Crippen molar-refractivity contribution < 1.29 is 14.7 Å². The number of rotatable bonds is 4. The average Bonchev–Trinajstić information content (AvgIpc) is 2.32. The van der Waals surface area contributed by atoms with Crippen LogP contribution in [0.25, 0.3) is 0 Å². The zero-order chi connectivity index (χ0) is 13.8. The summed E-state index contributed by atoms with van der Waals surface area (Å²) in [4.78, 5) is 25.4. The van der Waals surface area contributed by atoms with Crippen molar-refractivity contribution in [2.45, 2.75) is 13.3 Å². The van der Waals surface area contributed by atoms with Gasteiger partial charge in [0.15, 0.2) is 0 Å². The molecule has 2 rings (SSSR count). The molecule has 19 heavy (non-hydrogen) atoms. The lowest BCUT2D eigenvalue weighted by Gasteiger charge is -2.38. The van der Waals surface area contributed by atoms with E-state index in [0.717, 1.165) is 12.1 Å². The van der Waals surface area contributed by atoms with Gasteiger partial charge in [-0.05, 0) is 24.5 Å². The maximum atomic E-state index is 11.7. The summed E-state index contributed by atoms with van der Waals surface area (Å²) in [5, 5.41) is 8.76. The van der Waals surface area contributed by atoms with Crippen LogP contribution in [0.4, 0.5) is 10.5 Å². The highest BCUT2D eigenvalue weighted by atomic mass is 16.4. The third-order valence-electron chi connectivity index (χ3n) is 3.44. The summed E-state index contributed by atoms with van der Waals surface area (Å²) in [5.41, 5.74) is 0.893. The molecule has 1 aromatic carbocycles. The predicted molar refractivity (Wildman–Crippen MR) is 72.2 cm³/mol. The minimum atomic E-state index is -0.859. The molecular formula is C14H18N2O3. The molecule has 102 valence electrons. The normalized spacial score (nSPS) is 14.9. The Balaban J connectivity index is 1.86. The molecule has 1 saturated heterocycles. The molecule has 0 spiro atoms. The molecule has 0 unspecified atom stereocenters. The number of para-hydroxylation sites is 1. The number of carbonyl (C=O) groups excluding carboxylic acids is 1. The summed E-state index contributed by atoms with van der Waals surface area (Å²) in [5.74, 6) is 0.377. The summed E-state index contributed by atoms with van der Waals surface area (Å²) >= 11 is 0. The van der Waals surface area contributed by atoms with Gasteiger partial charge in [-0.15, -0.1) is 0 Å². The van der Waals surface area contributed by atoms with Gasteiger partial charge in [0.2, 0.25) is 5.91 Å². The Morgan fingerprint density at radius 3 is 2.47 bits per heavy atom. The molecule has 1 aromatic rings. The molecule has 0 bridgehead atoms. The maximum absolute atomic E-state index is 11.7. The van der Waals surface area contributed by atoms with Gasteiger partial charge in [-0.2, -0.15) is 0 Å². The lowest BCUT2D eigenvalue weighted by molar-refractivity contribution is -0.116. The van der Waals surface area contributed by atoms with Crippen LogP contribution < -0.4 is 4.90 Å². The van der Waals surface area contributed by atoms with Crippen molar-refractivity contribution in [1.29, 1.82) is 0 Å². The number of anilines is 1. The minimum absolute atomic E-state index is 0.0145. The van der Waals surface area contributed by atoms with Gasteiger partial charge in [0, 0.05) is 32.2 Å². The molecule has 5 nitrogen and oxygen atoms in total. The lowest BCUT2D eigenvalue weighted by atomic mass is 9.96. The number of hydrogen-bond donors (Lipinski definition) is 1. The molecule has 0 radical (unpaired) electrons. The van der Waals surface area contributed by atoms with E-state index in [4.69, 9.17) is 5.11 Å². The fourth-order valence-corrected chi connectivity index (χ4v) is 2.30. The van der Waals surface area contributed by atoms with Crippen molar-refractivity contribution in [2.24, 2.45) is 5.92 Å². The van der Waals surface area contributed by atoms with Crippen LogP contribution in [0, 0.1) is 5.92 Å². The van der Waals surface area contributed by atoms with E-state index in [-0.39, 0.29) is 5.91 Å². The maximum Gasteiger partial charge on any atom is 0.407 e. The first-order chi connectivity index (χ1) is 9.08.